The van der Waals surface area contributed by atoms with E-state index in [0.29, 0.717) is 17.9 Å². The lowest BCUT2D eigenvalue weighted by Crippen LogP contribution is -2.53. The molecule has 8 nitrogen and oxygen atoms in total. The van der Waals surface area contributed by atoms with Gasteiger partial charge in [0.1, 0.15) is 23.5 Å². The van der Waals surface area contributed by atoms with Crippen LogP contribution in [0, 0.1) is 0 Å². The molecule has 28 heavy (non-hydrogen) atoms. The average Bonchev–Trinajstić information content (AvgIpc) is 3.12. The predicted molar refractivity (Wildman–Crippen MR) is 103 cm³/mol. The zero-order chi connectivity index (χ0) is 18.9. The summed E-state index contributed by atoms with van der Waals surface area (Å²) in [7, 11) is 0. The molecule has 0 saturated carbocycles. The first kappa shape index (κ1) is 17.4. The lowest BCUT2D eigenvalue weighted by Gasteiger charge is -2.38. The highest BCUT2D eigenvalue weighted by atomic mass is 16.5. The second-order valence-corrected chi connectivity index (χ2v) is 7.45. The molecule has 0 spiro atoms. The van der Waals surface area contributed by atoms with E-state index in [0.717, 1.165) is 50.7 Å². The third-order valence-electron chi connectivity index (χ3n) is 5.40. The molecule has 2 fully saturated rings. The van der Waals surface area contributed by atoms with E-state index in [9.17, 15) is 4.79 Å². The second-order valence-electron chi connectivity index (χ2n) is 7.45. The van der Waals surface area contributed by atoms with Gasteiger partial charge >= 0.3 is 0 Å². The van der Waals surface area contributed by atoms with Crippen LogP contribution in [0.2, 0.25) is 0 Å². The highest BCUT2D eigenvalue weighted by Crippen LogP contribution is 2.25. The molecule has 1 N–H and O–H groups in total. The van der Waals surface area contributed by atoms with E-state index in [1.807, 2.05) is 30.3 Å². The molecule has 2 aliphatic rings. The summed E-state index contributed by atoms with van der Waals surface area (Å²) < 4.78 is 13.1. The number of imidazole rings is 1. The van der Waals surface area contributed by atoms with Crippen LogP contribution in [0.4, 0.5) is 0 Å². The Morgan fingerprint density at radius 2 is 1.96 bits per heavy atom. The van der Waals surface area contributed by atoms with Gasteiger partial charge in [-0.05, 0) is 25.0 Å². The van der Waals surface area contributed by atoms with E-state index in [1.54, 1.807) is 10.7 Å². The summed E-state index contributed by atoms with van der Waals surface area (Å²) in [5.74, 6) is 2.69. The third-order valence-corrected chi connectivity index (χ3v) is 5.40. The van der Waals surface area contributed by atoms with Gasteiger partial charge in [0.05, 0.1) is 12.7 Å². The summed E-state index contributed by atoms with van der Waals surface area (Å²) in [5, 5.41) is 4.68. The van der Waals surface area contributed by atoms with Crippen LogP contribution in [0.3, 0.4) is 0 Å². The number of rotatable bonds is 5. The Labute approximate surface area is 162 Å². The summed E-state index contributed by atoms with van der Waals surface area (Å²) >= 11 is 0. The Morgan fingerprint density at radius 1 is 1.18 bits per heavy atom. The van der Waals surface area contributed by atoms with Crippen molar-refractivity contribution in [2.75, 3.05) is 26.3 Å². The number of fused-ring (bicyclic) bond motifs is 1. The first-order valence-corrected chi connectivity index (χ1v) is 9.75. The minimum absolute atomic E-state index is 0.145. The van der Waals surface area contributed by atoms with Crippen LogP contribution in [-0.2, 0) is 11.3 Å². The van der Waals surface area contributed by atoms with Gasteiger partial charge in [-0.1, -0.05) is 18.2 Å². The minimum atomic E-state index is -0.145. The number of H-pyrrole nitrogens is 1. The number of para-hydroxylation sites is 1. The molecule has 0 unspecified atom stereocenters. The molecule has 0 atom stereocenters. The monoisotopic (exact) mass is 381 g/mol. The van der Waals surface area contributed by atoms with Gasteiger partial charge in [0.25, 0.3) is 5.56 Å². The normalized spacial score (nSPS) is 19.0. The van der Waals surface area contributed by atoms with Crippen LogP contribution in [0.15, 0.2) is 41.3 Å². The van der Waals surface area contributed by atoms with Crippen molar-refractivity contribution in [3.63, 3.8) is 0 Å². The Bertz CT molecular complexity index is 1000. The van der Waals surface area contributed by atoms with Crippen molar-refractivity contribution in [3.8, 4) is 5.75 Å². The highest BCUT2D eigenvalue weighted by Gasteiger charge is 2.29. The number of ether oxygens (including phenoxy) is 2. The van der Waals surface area contributed by atoms with E-state index in [2.05, 4.69) is 20.0 Å². The van der Waals surface area contributed by atoms with E-state index >= 15 is 0 Å². The van der Waals surface area contributed by atoms with Crippen LogP contribution in [0.25, 0.3) is 5.52 Å². The van der Waals surface area contributed by atoms with Gasteiger partial charge in [0.15, 0.2) is 5.52 Å². The van der Waals surface area contributed by atoms with Crippen LogP contribution >= 0.6 is 0 Å². The second kappa shape index (κ2) is 7.37. The summed E-state index contributed by atoms with van der Waals surface area (Å²) in [6.45, 7) is 3.67. The van der Waals surface area contributed by atoms with E-state index in [1.165, 1.54) is 0 Å². The minimum Gasteiger partial charge on any atom is -0.488 e. The molecular formula is C20H23N5O3. The van der Waals surface area contributed by atoms with Crippen LogP contribution in [0.5, 0.6) is 5.75 Å². The molecule has 0 bridgehead atoms. The number of benzene rings is 1. The van der Waals surface area contributed by atoms with Crippen molar-refractivity contribution >= 4 is 5.52 Å². The fourth-order valence-corrected chi connectivity index (χ4v) is 3.90. The molecule has 1 aromatic carbocycles. The zero-order valence-corrected chi connectivity index (χ0v) is 15.6. The summed E-state index contributed by atoms with van der Waals surface area (Å²) in [5.41, 5.74) is 0.354. The predicted octanol–water partition coefficient (Wildman–Crippen LogP) is 1.57. The topological polar surface area (TPSA) is 84.8 Å². The fourth-order valence-electron chi connectivity index (χ4n) is 3.90. The zero-order valence-electron chi connectivity index (χ0n) is 15.6. The van der Waals surface area contributed by atoms with Crippen molar-refractivity contribution in [1.29, 1.82) is 0 Å². The molecular weight excluding hydrogens is 358 g/mol. The van der Waals surface area contributed by atoms with Gasteiger partial charge in [-0.25, -0.2) is 9.50 Å². The fraction of sp³-hybridized carbons (Fsp3) is 0.450. The van der Waals surface area contributed by atoms with Gasteiger partial charge in [-0.15, -0.1) is 0 Å². The van der Waals surface area contributed by atoms with E-state index < -0.39 is 0 Å². The molecule has 0 aliphatic carbocycles. The summed E-state index contributed by atoms with van der Waals surface area (Å²) in [6, 6.07) is 9.84. The van der Waals surface area contributed by atoms with Gasteiger partial charge in [-0.3, -0.25) is 9.69 Å². The molecule has 0 amide bonds. The van der Waals surface area contributed by atoms with Crippen molar-refractivity contribution in [1.82, 2.24) is 24.5 Å². The number of aromatic amines is 1. The molecule has 2 saturated heterocycles. The number of aromatic nitrogens is 4. The first-order chi connectivity index (χ1) is 13.8. The summed E-state index contributed by atoms with van der Waals surface area (Å²) in [4.78, 5) is 22.1. The van der Waals surface area contributed by atoms with Crippen molar-refractivity contribution in [2.45, 2.75) is 31.4 Å². The molecule has 3 aromatic rings. The highest BCUT2D eigenvalue weighted by molar-refractivity contribution is 5.42. The molecule has 5 rings (SSSR count). The number of hydrogen-bond acceptors (Lipinski definition) is 6. The van der Waals surface area contributed by atoms with Crippen molar-refractivity contribution in [3.05, 3.63) is 58.5 Å². The van der Waals surface area contributed by atoms with E-state index in [-0.39, 0.29) is 17.6 Å². The number of nitrogens with zero attached hydrogens (tertiary/aromatic N) is 4. The van der Waals surface area contributed by atoms with Crippen molar-refractivity contribution in [2.24, 2.45) is 0 Å². The Morgan fingerprint density at radius 3 is 2.75 bits per heavy atom. The lowest BCUT2D eigenvalue weighted by atomic mass is 10.00. The number of likely N-dealkylation sites (tertiary alicyclic amines) is 1. The number of nitrogens with one attached hydrogen (secondary N) is 1. The quantitative estimate of drug-likeness (QED) is 0.722. The largest absolute Gasteiger partial charge is 0.488 e. The van der Waals surface area contributed by atoms with Crippen LogP contribution in [-0.4, -0.2) is 56.9 Å². The number of hydrogen-bond donors (Lipinski definition) is 1. The van der Waals surface area contributed by atoms with Crippen molar-refractivity contribution < 1.29 is 9.47 Å². The average molecular weight is 381 g/mol. The third kappa shape index (κ3) is 3.41. The maximum Gasteiger partial charge on any atom is 0.276 e. The lowest BCUT2D eigenvalue weighted by molar-refractivity contribution is 0.0127. The van der Waals surface area contributed by atoms with Gasteiger partial charge < -0.3 is 14.5 Å². The van der Waals surface area contributed by atoms with Gasteiger partial charge in [-0.2, -0.15) is 5.10 Å². The molecule has 4 heterocycles. The molecule has 8 heteroatoms. The Balaban J connectivity index is 1.28. The maximum absolute atomic E-state index is 12.5. The first-order valence-electron chi connectivity index (χ1n) is 9.75. The molecule has 146 valence electrons. The Kier molecular flexibility index (Phi) is 4.58. The standard InChI is InChI=1S/C20H23N5O3/c26-20-17-10-21-19(14-6-8-27-9-7-14)25(17)23-18(22-20)13-24-11-16(12-24)28-15-4-2-1-3-5-15/h1-5,10,14,16H,6-9,11-13H2,(H,22,23,26). The van der Waals surface area contributed by atoms with Crippen LogP contribution in [0.1, 0.15) is 30.4 Å². The van der Waals surface area contributed by atoms with Gasteiger partial charge in [0.2, 0.25) is 0 Å². The molecule has 2 aliphatic heterocycles. The van der Waals surface area contributed by atoms with E-state index in [4.69, 9.17) is 9.47 Å². The molecule has 0 radical (unpaired) electrons. The Hall–Kier alpha value is -2.71. The van der Waals surface area contributed by atoms with Crippen LogP contribution < -0.4 is 10.3 Å². The SMILES string of the molecule is O=c1[nH]c(CN2CC(Oc3ccccc3)C2)nn2c(C3CCOCC3)ncc12. The maximum atomic E-state index is 12.5. The summed E-state index contributed by atoms with van der Waals surface area (Å²) in [6.07, 6.45) is 3.61. The molecule has 2 aromatic heterocycles. The van der Waals surface area contributed by atoms with Gasteiger partial charge in [0, 0.05) is 32.2 Å². The smallest absolute Gasteiger partial charge is 0.276 e.